The maximum Gasteiger partial charge on any atom is 0.417 e. The van der Waals surface area contributed by atoms with E-state index in [0.717, 1.165) is 25.1 Å². The Morgan fingerprint density at radius 1 is 1.38 bits per heavy atom. The van der Waals surface area contributed by atoms with Gasteiger partial charge < -0.3 is 15.7 Å². The van der Waals surface area contributed by atoms with Crippen LogP contribution in [0.4, 0.5) is 23.8 Å². The van der Waals surface area contributed by atoms with Crippen molar-refractivity contribution in [3.63, 3.8) is 0 Å². The van der Waals surface area contributed by atoms with Crippen LogP contribution in [-0.4, -0.2) is 28.3 Å². The zero-order valence-electron chi connectivity index (χ0n) is 10.7. The summed E-state index contributed by atoms with van der Waals surface area (Å²) < 4.78 is 37.9. The number of nitrogens with zero attached hydrogens (tertiary/aromatic N) is 1. The molecule has 1 aliphatic rings. The van der Waals surface area contributed by atoms with Crippen LogP contribution < -0.4 is 10.6 Å². The molecule has 2 rings (SSSR count). The van der Waals surface area contributed by atoms with E-state index in [-0.39, 0.29) is 22.4 Å². The van der Waals surface area contributed by atoms with Gasteiger partial charge in [0.05, 0.1) is 16.1 Å². The van der Waals surface area contributed by atoms with Gasteiger partial charge in [-0.05, 0) is 41.3 Å². The molecule has 0 unspecified atom stereocenters. The largest absolute Gasteiger partial charge is 0.465 e. The van der Waals surface area contributed by atoms with Gasteiger partial charge >= 0.3 is 12.3 Å². The van der Waals surface area contributed by atoms with Gasteiger partial charge in [-0.15, -0.1) is 0 Å². The summed E-state index contributed by atoms with van der Waals surface area (Å²) in [5, 5.41) is 14.1. The minimum absolute atomic E-state index is 0.193. The maximum atomic E-state index is 12.6. The molecule has 1 heterocycles. The highest BCUT2D eigenvalue weighted by molar-refractivity contribution is 9.10. The first-order valence-corrected chi connectivity index (χ1v) is 7.05. The lowest BCUT2D eigenvalue weighted by molar-refractivity contribution is -0.137. The van der Waals surface area contributed by atoms with Crippen LogP contribution >= 0.6 is 15.9 Å². The molecule has 3 N–H and O–H groups in total. The zero-order valence-corrected chi connectivity index (χ0v) is 12.3. The van der Waals surface area contributed by atoms with Gasteiger partial charge in [-0.25, -0.2) is 9.78 Å². The third-order valence-corrected chi connectivity index (χ3v) is 3.92. The van der Waals surface area contributed by atoms with E-state index in [1.54, 1.807) is 0 Å². The van der Waals surface area contributed by atoms with Crippen molar-refractivity contribution in [1.82, 2.24) is 10.3 Å². The molecule has 1 aliphatic carbocycles. The zero-order chi connectivity index (χ0) is 15.6. The second-order valence-electron chi connectivity index (χ2n) is 4.79. The van der Waals surface area contributed by atoms with E-state index in [0.29, 0.717) is 6.42 Å². The first kappa shape index (κ1) is 15.9. The molecule has 1 amide bonds. The fraction of sp³-hybridized carbons (Fsp3) is 0.500. The molecule has 1 saturated carbocycles. The van der Waals surface area contributed by atoms with Crippen molar-refractivity contribution in [2.24, 2.45) is 0 Å². The second-order valence-corrected chi connectivity index (χ2v) is 5.64. The lowest BCUT2D eigenvalue weighted by Gasteiger charge is -2.22. The van der Waals surface area contributed by atoms with Crippen LogP contribution in [0.1, 0.15) is 24.8 Å². The van der Waals surface area contributed by atoms with Crippen molar-refractivity contribution in [3.05, 3.63) is 22.3 Å². The van der Waals surface area contributed by atoms with Crippen LogP contribution in [0.5, 0.6) is 0 Å². The van der Waals surface area contributed by atoms with Crippen molar-refractivity contribution < 1.29 is 23.1 Å². The Morgan fingerprint density at radius 3 is 2.62 bits per heavy atom. The van der Waals surface area contributed by atoms with Crippen molar-refractivity contribution in [2.45, 2.75) is 37.5 Å². The number of nitrogens with one attached hydrogen (secondary N) is 2. The van der Waals surface area contributed by atoms with Gasteiger partial charge in [-0.1, -0.05) is 0 Å². The average molecular weight is 368 g/mol. The van der Waals surface area contributed by atoms with Gasteiger partial charge in [0.1, 0.15) is 5.82 Å². The number of rotatable bonds is 3. The molecule has 1 aromatic rings. The quantitative estimate of drug-likeness (QED) is 0.764. The smallest absolute Gasteiger partial charge is 0.417 e. The molecule has 0 aliphatic heterocycles. The number of hydrogen-bond donors (Lipinski definition) is 3. The summed E-state index contributed by atoms with van der Waals surface area (Å²) in [4.78, 5) is 14.5. The van der Waals surface area contributed by atoms with Crippen molar-refractivity contribution in [1.29, 1.82) is 0 Å². The van der Waals surface area contributed by atoms with Crippen LogP contribution in [0.2, 0.25) is 0 Å². The minimum Gasteiger partial charge on any atom is -0.465 e. The Bertz CT molecular complexity index is 539. The van der Waals surface area contributed by atoms with E-state index in [4.69, 9.17) is 5.11 Å². The fourth-order valence-corrected chi connectivity index (χ4v) is 2.80. The number of carboxylic acid groups (broad SMARTS) is 1. The number of alkyl halides is 3. The Kier molecular flexibility index (Phi) is 4.60. The molecule has 0 bridgehead atoms. The van der Waals surface area contributed by atoms with Crippen LogP contribution in [-0.2, 0) is 6.18 Å². The lowest BCUT2D eigenvalue weighted by Crippen LogP contribution is -2.42. The predicted octanol–water partition coefficient (Wildman–Crippen LogP) is 3.46. The molecule has 0 aromatic carbocycles. The molecule has 9 heteroatoms. The SMILES string of the molecule is O=C(O)N[C@H]1CCC[C@@H]1Nc1ncc(C(F)(F)F)cc1Br. The first-order chi connectivity index (χ1) is 9.77. The third kappa shape index (κ3) is 3.99. The molecular weight excluding hydrogens is 355 g/mol. The number of amides is 1. The van der Waals surface area contributed by atoms with E-state index in [1.807, 2.05) is 0 Å². The average Bonchev–Trinajstić information content (AvgIpc) is 2.77. The summed E-state index contributed by atoms with van der Waals surface area (Å²) in [7, 11) is 0. The molecule has 0 saturated heterocycles. The van der Waals surface area contributed by atoms with Gasteiger partial charge in [-0.3, -0.25) is 0 Å². The molecule has 0 spiro atoms. The summed E-state index contributed by atoms with van der Waals surface area (Å²) in [6, 6.07) is 0.476. The highest BCUT2D eigenvalue weighted by Crippen LogP contribution is 2.33. The normalized spacial score (nSPS) is 22.1. The van der Waals surface area contributed by atoms with Gasteiger partial charge in [0.25, 0.3) is 0 Å². The first-order valence-electron chi connectivity index (χ1n) is 6.26. The van der Waals surface area contributed by atoms with E-state index >= 15 is 0 Å². The van der Waals surface area contributed by atoms with Crippen LogP contribution in [0.3, 0.4) is 0 Å². The summed E-state index contributed by atoms with van der Waals surface area (Å²) >= 11 is 3.06. The highest BCUT2D eigenvalue weighted by Gasteiger charge is 2.33. The Morgan fingerprint density at radius 2 is 2.05 bits per heavy atom. The number of anilines is 1. The van der Waals surface area contributed by atoms with E-state index in [9.17, 15) is 18.0 Å². The standard InChI is InChI=1S/C12H13BrF3N3O2/c13-7-4-6(12(14,15)16)5-17-10(7)18-8-2-1-3-9(8)19-11(20)21/h4-5,8-9,19H,1-3H2,(H,17,18)(H,20,21)/t8-,9-/m0/s1. The monoisotopic (exact) mass is 367 g/mol. The molecule has 116 valence electrons. The number of aromatic nitrogens is 1. The summed E-state index contributed by atoms with van der Waals surface area (Å²) in [5.41, 5.74) is -0.841. The molecule has 1 fully saturated rings. The minimum atomic E-state index is -4.45. The van der Waals surface area contributed by atoms with Gasteiger partial charge in [0.15, 0.2) is 0 Å². The van der Waals surface area contributed by atoms with Crippen LogP contribution in [0.25, 0.3) is 0 Å². The Balaban J connectivity index is 2.11. The van der Waals surface area contributed by atoms with Crippen molar-refractivity contribution in [3.8, 4) is 0 Å². The van der Waals surface area contributed by atoms with Gasteiger partial charge in [0, 0.05) is 12.2 Å². The van der Waals surface area contributed by atoms with Crippen molar-refractivity contribution in [2.75, 3.05) is 5.32 Å². The summed E-state index contributed by atoms with van der Waals surface area (Å²) in [6.07, 6.45) is -2.58. The number of hydrogen-bond acceptors (Lipinski definition) is 3. The number of carbonyl (C=O) groups is 1. The third-order valence-electron chi connectivity index (χ3n) is 3.32. The molecule has 2 atom stereocenters. The van der Waals surface area contributed by atoms with E-state index in [1.165, 1.54) is 0 Å². The van der Waals surface area contributed by atoms with Gasteiger partial charge in [-0.2, -0.15) is 13.2 Å². The summed E-state index contributed by atoms with van der Waals surface area (Å²) in [6.45, 7) is 0. The topological polar surface area (TPSA) is 74.2 Å². The molecule has 5 nitrogen and oxygen atoms in total. The Hall–Kier alpha value is -1.51. The predicted molar refractivity (Wildman–Crippen MR) is 73.1 cm³/mol. The summed E-state index contributed by atoms with van der Waals surface area (Å²) in [5.74, 6) is 0.270. The molecular formula is C12H13BrF3N3O2. The molecule has 21 heavy (non-hydrogen) atoms. The highest BCUT2D eigenvalue weighted by atomic mass is 79.9. The lowest BCUT2D eigenvalue weighted by atomic mass is 10.1. The van der Waals surface area contributed by atoms with E-state index < -0.39 is 17.8 Å². The van der Waals surface area contributed by atoms with Crippen LogP contribution in [0, 0.1) is 0 Å². The van der Waals surface area contributed by atoms with Crippen molar-refractivity contribution >= 4 is 27.8 Å². The maximum absolute atomic E-state index is 12.6. The fourth-order valence-electron chi connectivity index (χ4n) is 2.34. The molecule has 1 aromatic heterocycles. The second kappa shape index (κ2) is 6.08. The van der Waals surface area contributed by atoms with E-state index in [2.05, 4.69) is 31.5 Å². The number of halogens is 4. The van der Waals surface area contributed by atoms with Gasteiger partial charge in [0.2, 0.25) is 0 Å². The number of pyridine rings is 1. The van der Waals surface area contributed by atoms with Crippen LogP contribution in [0.15, 0.2) is 16.7 Å². The molecule has 0 radical (unpaired) electrons. The Labute approximate surface area is 127 Å².